The highest BCUT2D eigenvalue weighted by atomic mass is 32.1. The van der Waals surface area contributed by atoms with Crippen LogP contribution in [0.5, 0.6) is 0 Å². The van der Waals surface area contributed by atoms with E-state index in [4.69, 9.17) is 4.98 Å². The Morgan fingerprint density at radius 1 is 1.12 bits per heavy atom. The molecule has 0 radical (unpaired) electrons. The third-order valence-electron chi connectivity index (χ3n) is 6.34. The van der Waals surface area contributed by atoms with Gasteiger partial charge in [-0.25, -0.2) is 15.8 Å². The minimum absolute atomic E-state index is 0.0109. The van der Waals surface area contributed by atoms with Crippen molar-refractivity contribution < 1.29 is 9.59 Å². The molecular formula is C23H26N6O3S. The van der Waals surface area contributed by atoms with Crippen molar-refractivity contribution in [3.05, 3.63) is 62.5 Å². The summed E-state index contributed by atoms with van der Waals surface area (Å²) in [6, 6.07) is 9.39. The number of benzene rings is 1. The molecule has 2 aliphatic rings. The van der Waals surface area contributed by atoms with Crippen molar-refractivity contribution in [2.45, 2.75) is 57.7 Å². The molecule has 9 nitrogen and oxygen atoms in total. The van der Waals surface area contributed by atoms with Gasteiger partial charge < -0.3 is 0 Å². The Morgan fingerprint density at radius 2 is 1.94 bits per heavy atom. The van der Waals surface area contributed by atoms with Crippen LogP contribution in [-0.4, -0.2) is 27.4 Å². The molecule has 33 heavy (non-hydrogen) atoms. The van der Waals surface area contributed by atoms with Crippen LogP contribution in [0.25, 0.3) is 10.2 Å². The number of thiophene rings is 1. The van der Waals surface area contributed by atoms with E-state index in [0.29, 0.717) is 33.6 Å². The zero-order valence-electron chi connectivity index (χ0n) is 18.3. The molecule has 2 unspecified atom stereocenters. The number of aromatic nitrogens is 2. The topological polar surface area (TPSA) is 117 Å². The van der Waals surface area contributed by atoms with E-state index in [2.05, 4.69) is 21.7 Å². The average molecular weight is 467 g/mol. The highest BCUT2D eigenvalue weighted by Crippen LogP contribution is 2.28. The second kappa shape index (κ2) is 9.05. The van der Waals surface area contributed by atoms with Crippen LogP contribution in [0.3, 0.4) is 0 Å². The van der Waals surface area contributed by atoms with Crippen LogP contribution in [0, 0.1) is 6.92 Å². The molecule has 4 N–H and O–H groups in total. The number of fused-ring (bicyclic) bond motifs is 2. The van der Waals surface area contributed by atoms with Gasteiger partial charge >= 0.3 is 0 Å². The van der Waals surface area contributed by atoms with Gasteiger partial charge in [-0.3, -0.25) is 29.8 Å². The van der Waals surface area contributed by atoms with Crippen molar-refractivity contribution in [3.63, 3.8) is 0 Å². The van der Waals surface area contributed by atoms with Gasteiger partial charge in [-0.15, -0.1) is 11.3 Å². The molecule has 3 aromatic rings. The summed E-state index contributed by atoms with van der Waals surface area (Å²) in [6.07, 6.45) is 4.38. The minimum Gasteiger partial charge on any atom is -0.296 e. The van der Waals surface area contributed by atoms with Gasteiger partial charge in [0.25, 0.3) is 17.4 Å². The Balaban J connectivity index is 1.28. The zero-order chi connectivity index (χ0) is 22.9. The van der Waals surface area contributed by atoms with Gasteiger partial charge in [0.15, 0.2) is 0 Å². The maximum Gasteiger partial charge on any atom is 0.280 e. The lowest BCUT2D eigenvalue weighted by atomic mass is 10.0. The normalized spacial score (nSPS) is 20.3. The maximum atomic E-state index is 13.1. The van der Waals surface area contributed by atoms with Crippen molar-refractivity contribution in [2.24, 2.45) is 0 Å². The number of amides is 2. The number of carbonyl (C=O) groups is 2. The van der Waals surface area contributed by atoms with Crippen LogP contribution in [0.15, 0.2) is 35.1 Å². The smallest absolute Gasteiger partial charge is 0.280 e. The predicted molar refractivity (Wildman–Crippen MR) is 126 cm³/mol. The lowest BCUT2D eigenvalue weighted by Gasteiger charge is -2.11. The van der Waals surface area contributed by atoms with Crippen LogP contribution in [0.4, 0.5) is 0 Å². The molecule has 172 valence electrons. The molecule has 0 aliphatic carbocycles. The summed E-state index contributed by atoms with van der Waals surface area (Å²) in [5, 5.41) is 0.495. The standard InChI is InChI=1S/C23H26N6O3S/c1-13-18-22(24-17-10-6-3-7-11-29(17)23(18)32)33-19(13)21(31)28-27-20(30)16-12-15(25-26-16)14-8-4-2-5-9-14/h2,4-5,8-9,15-16,25-26H,3,6-7,10-12H2,1H3,(H,27,30)(H,28,31). The molecule has 2 aliphatic heterocycles. The minimum atomic E-state index is -0.485. The van der Waals surface area contributed by atoms with Crippen molar-refractivity contribution in [1.29, 1.82) is 0 Å². The summed E-state index contributed by atoms with van der Waals surface area (Å²) in [5.41, 5.74) is 12.7. The summed E-state index contributed by atoms with van der Waals surface area (Å²) < 4.78 is 1.75. The second-order valence-corrected chi connectivity index (χ2v) is 9.51. The number of carbonyl (C=O) groups excluding carboxylic acids is 2. The zero-order valence-corrected chi connectivity index (χ0v) is 19.1. The maximum absolute atomic E-state index is 13.1. The average Bonchev–Trinajstić information content (AvgIpc) is 3.37. The van der Waals surface area contributed by atoms with Gasteiger partial charge in [0.1, 0.15) is 16.7 Å². The van der Waals surface area contributed by atoms with E-state index in [9.17, 15) is 14.4 Å². The summed E-state index contributed by atoms with van der Waals surface area (Å²) in [7, 11) is 0. The molecule has 2 amide bonds. The van der Waals surface area contributed by atoms with Crippen molar-refractivity contribution in [2.75, 3.05) is 0 Å². The largest absolute Gasteiger partial charge is 0.296 e. The van der Waals surface area contributed by atoms with Gasteiger partial charge in [-0.2, -0.15) is 0 Å². The lowest BCUT2D eigenvalue weighted by Crippen LogP contribution is -2.50. The Bertz CT molecular complexity index is 1270. The van der Waals surface area contributed by atoms with Gasteiger partial charge in [0.05, 0.1) is 10.3 Å². The fraction of sp³-hybridized carbons (Fsp3) is 0.391. The van der Waals surface area contributed by atoms with E-state index < -0.39 is 11.9 Å². The highest BCUT2D eigenvalue weighted by molar-refractivity contribution is 7.20. The molecule has 1 aromatic carbocycles. The molecule has 0 bridgehead atoms. The Kier molecular flexibility index (Phi) is 5.96. The van der Waals surface area contributed by atoms with Crippen LogP contribution in [-0.2, 0) is 17.8 Å². The third kappa shape index (κ3) is 4.17. The summed E-state index contributed by atoms with van der Waals surface area (Å²) in [6.45, 7) is 2.42. The van der Waals surface area contributed by atoms with E-state index in [1.165, 1.54) is 11.3 Å². The van der Waals surface area contributed by atoms with Crippen molar-refractivity contribution in [3.8, 4) is 0 Å². The van der Waals surface area contributed by atoms with Gasteiger partial charge in [-0.05, 0) is 37.3 Å². The van der Waals surface area contributed by atoms with E-state index >= 15 is 0 Å². The quantitative estimate of drug-likeness (QED) is 0.438. The molecule has 0 saturated carbocycles. The van der Waals surface area contributed by atoms with E-state index in [1.54, 1.807) is 11.5 Å². The molecule has 2 atom stereocenters. The molecule has 5 rings (SSSR count). The first-order chi connectivity index (χ1) is 16.0. The summed E-state index contributed by atoms with van der Waals surface area (Å²) >= 11 is 1.19. The Labute approximate surface area is 194 Å². The van der Waals surface area contributed by atoms with E-state index in [0.717, 1.165) is 37.1 Å². The number of nitrogens with zero attached hydrogens (tertiary/aromatic N) is 2. The number of hydrazine groups is 2. The predicted octanol–water partition coefficient (Wildman–Crippen LogP) is 1.86. The Morgan fingerprint density at radius 3 is 2.76 bits per heavy atom. The monoisotopic (exact) mass is 466 g/mol. The van der Waals surface area contributed by atoms with Crippen LogP contribution in [0.1, 0.15) is 58.3 Å². The van der Waals surface area contributed by atoms with E-state index in [-0.39, 0.29) is 17.5 Å². The first-order valence-corrected chi connectivity index (χ1v) is 12.0. The summed E-state index contributed by atoms with van der Waals surface area (Å²) in [5.74, 6) is 0.00579. The van der Waals surface area contributed by atoms with Gasteiger partial charge in [0, 0.05) is 19.0 Å². The number of hydrogen-bond acceptors (Lipinski definition) is 7. The number of aryl methyl sites for hydroxylation is 2. The fourth-order valence-corrected chi connectivity index (χ4v) is 5.61. The molecule has 1 fully saturated rings. The first-order valence-electron chi connectivity index (χ1n) is 11.2. The SMILES string of the molecule is Cc1c(C(=O)NNC(=O)C2CC(c3ccccc3)NN2)sc2nc3n(c(=O)c12)CCCCC3. The highest BCUT2D eigenvalue weighted by Gasteiger charge is 2.30. The van der Waals surface area contributed by atoms with E-state index in [1.807, 2.05) is 30.3 Å². The van der Waals surface area contributed by atoms with Crippen LogP contribution >= 0.6 is 11.3 Å². The molecule has 1 saturated heterocycles. The third-order valence-corrected chi connectivity index (χ3v) is 7.52. The van der Waals surface area contributed by atoms with Gasteiger partial charge in [0.2, 0.25) is 0 Å². The number of hydrogen-bond donors (Lipinski definition) is 4. The van der Waals surface area contributed by atoms with Crippen LogP contribution < -0.4 is 27.3 Å². The molecule has 0 spiro atoms. The molecular weight excluding hydrogens is 440 g/mol. The lowest BCUT2D eigenvalue weighted by molar-refractivity contribution is -0.123. The number of rotatable bonds is 3. The molecule has 4 heterocycles. The fourth-order valence-electron chi connectivity index (χ4n) is 4.52. The second-order valence-electron chi connectivity index (χ2n) is 8.52. The van der Waals surface area contributed by atoms with Crippen LogP contribution in [0.2, 0.25) is 0 Å². The summed E-state index contributed by atoms with van der Waals surface area (Å²) in [4.78, 5) is 44.2. The van der Waals surface area contributed by atoms with Crippen molar-refractivity contribution >= 4 is 33.4 Å². The molecule has 10 heteroatoms. The van der Waals surface area contributed by atoms with Crippen molar-refractivity contribution in [1.82, 2.24) is 31.3 Å². The first kappa shape index (κ1) is 21.7. The number of nitrogens with one attached hydrogen (secondary N) is 4. The van der Waals surface area contributed by atoms with Gasteiger partial charge in [-0.1, -0.05) is 36.8 Å². The Hall–Kier alpha value is -3.08. The molecule has 2 aromatic heterocycles.